The summed E-state index contributed by atoms with van der Waals surface area (Å²) in [5.41, 5.74) is 15.6. The Morgan fingerprint density at radius 2 is 0.823 bits per heavy atom. The molecular weight excluding hydrogens is 1260 g/mol. The Kier molecular flexibility index (Phi) is 31.1. The first-order chi connectivity index (χ1) is 44.6. The fourth-order valence-electron chi connectivity index (χ4n) is 9.52. The van der Waals surface area contributed by atoms with Crippen molar-refractivity contribution < 1.29 is 57.0 Å². The minimum Gasteiger partial charge on any atom is -0.506 e. The van der Waals surface area contributed by atoms with E-state index in [0.29, 0.717) is 71.2 Å². The Bertz CT molecular complexity index is 3590. The molecule has 2 aliphatic rings. The van der Waals surface area contributed by atoms with Crippen molar-refractivity contribution in [1.82, 2.24) is 29.6 Å². The summed E-state index contributed by atoms with van der Waals surface area (Å²) in [5.74, 6) is 0.233. The quantitative estimate of drug-likeness (QED) is 0.0190. The summed E-state index contributed by atoms with van der Waals surface area (Å²) < 4.78 is 2.77. The second kappa shape index (κ2) is 36.6. The van der Waals surface area contributed by atoms with Gasteiger partial charge in [-0.05, 0) is 144 Å². The number of likely N-dealkylation sites (N-methyl/N-ethyl adjacent to an activating group) is 1. The van der Waals surface area contributed by atoms with Gasteiger partial charge in [0.1, 0.15) is 40.1 Å². The van der Waals surface area contributed by atoms with Gasteiger partial charge in [-0.2, -0.15) is 30.6 Å². The van der Waals surface area contributed by atoms with Crippen LogP contribution in [-0.2, 0) is 75.0 Å². The van der Waals surface area contributed by atoms with Gasteiger partial charge < -0.3 is 36.4 Å². The molecular formula is C72H107CoN15O8. The molecule has 0 aliphatic carbocycles. The Hall–Kier alpha value is -8.51. The van der Waals surface area contributed by atoms with Gasteiger partial charge in [-0.15, -0.1) is 20.5 Å². The van der Waals surface area contributed by atoms with Crippen LogP contribution in [0.4, 0.5) is 34.1 Å². The van der Waals surface area contributed by atoms with Crippen LogP contribution in [0.15, 0.2) is 114 Å². The fourth-order valence-corrected chi connectivity index (χ4v) is 9.52. The van der Waals surface area contributed by atoms with Crippen molar-refractivity contribution in [2.45, 2.75) is 222 Å². The Balaban J connectivity index is 0.000000322. The third kappa shape index (κ3) is 22.0. The molecule has 0 saturated heterocycles. The molecule has 2 aromatic heterocycles. The van der Waals surface area contributed by atoms with E-state index in [4.69, 9.17) is 5.73 Å². The van der Waals surface area contributed by atoms with Crippen molar-refractivity contribution in [1.29, 1.82) is 0 Å². The fraction of sp³-hybridized carbons (Fsp3) is 0.528. The number of hydrogen-bond acceptors (Lipinski definition) is 19. The Labute approximate surface area is 579 Å². The number of aromatic nitrogens is 4. The number of rotatable bonds is 22. The smallest absolute Gasteiger partial charge is 0.275 e. The number of aryl methyl sites for hydroxylation is 4. The third-order valence-electron chi connectivity index (χ3n) is 17.7. The van der Waals surface area contributed by atoms with Crippen LogP contribution in [0.25, 0.3) is 0 Å². The maximum absolute atomic E-state index is 12.2. The molecule has 24 heteroatoms. The number of phenolic OH excluding ortho intramolecular Hbond substituents is 4. The van der Waals surface area contributed by atoms with Crippen molar-refractivity contribution in [3.05, 3.63) is 106 Å². The van der Waals surface area contributed by atoms with Gasteiger partial charge in [0.25, 0.3) is 5.91 Å². The first-order valence-corrected chi connectivity index (χ1v) is 33.1. The van der Waals surface area contributed by atoms with Crippen LogP contribution >= 0.6 is 0 Å². The molecule has 2 amide bonds. The minimum atomic E-state index is -0.683. The normalized spacial score (nSPS) is 14.2. The number of amides is 2. The monoisotopic (exact) mass is 1370 g/mol. The SMILES string of the molecule is CCC(C)(C)c1ccc(O)c(N)c1.CCCC1=NN(C)C(=O)C1.CCCC1=NN(C)C(=O)C1N=Nc1cc(C(C)(C)CC)ccc1O.CCCc1nn(C)c(O)c1N=Nc1cc(C(C)(C)CC)ccc1O.CCCc1nn(C)c(O)c1N=Nc1cc(C(C)(C)CC)ccc1O.[Co]. The zero-order chi connectivity index (χ0) is 71.3. The summed E-state index contributed by atoms with van der Waals surface area (Å²) in [4.78, 5) is 23.0. The van der Waals surface area contributed by atoms with E-state index in [1.54, 1.807) is 52.5 Å². The Morgan fingerprint density at radius 1 is 0.469 bits per heavy atom. The molecule has 8 N–H and O–H groups in total. The number of aromatic hydroxyl groups is 6. The van der Waals surface area contributed by atoms with Crippen LogP contribution in [0.5, 0.6) is 34.8 Å². The summed E-state index contributed by atoms with van der Waals surface area (Å²) >= 11 is 0. The topological polar surface area (TPSA) is 323 Å². The average molecular weight is 1370 g/mol. The molecule has 2 aliphatic heterocycles. The maximum Gasteiger partial charge on any atom is 0.275 e. The zero-order valence-corrected chi connectivity index (χ0v) is 61.4. The third-order valence-corrected chi connectivity index (χ3v) is 17.7. The van der Waals surface area contributed by atoms with Gasteiger partial charge >= 0.3 is 0 Å². The number of nitrogens with two attached hydrogens (primary N) is 1. The van der Waals surface area contributed by atoms with Crippen LogP contribution in [0.2, 0.25) is 0 Å². The number of anilines is 1. The molecule has 4 aromatic carbocycles. The predicted octanol–water partition coefficient (Wildman–Crippen LogP) is 17.6. The molecule has 0 saturated carbocycles. The summed E-state index contributed by atoms with van der Waals surface area (Å²) in [7, 11) is 6.64. The van der Waals surface area contributed by atoms with Gasteiger partial charge in [-0.1, -0.05) is 161 Å². The van der Waals surface area contributed by atoms with Gasteiger partial charge in [-0.25, -0.2) is 19.4 Å². The molecule has 527 valence electrons. The molecule has 1 atom stereocenters. The minimum absolute atomic E-state index is 0. The van der Waals surface area contributed by atoms with E-state index in [1.807, 2.05) is 69.3 Å². The van der Waals surface area contributed by atoms with E-state index in [0.717, 1.165) is 85.9 Å². The molecule has 6 aromatic rings. The number of azo groups is 3. The van der Waals surface area contributed by atoms with Gasteiger partial charge in [0.05, 0.1) is 29.2 Å². The number of carbonyl (C=O) groups excluding carboxylic acids is 2. The maximum atomic E-state index is 12.2. The van der Waals surface area contributed by atoms with Crippen LogP contribution in [-0.4, -0.2) is 104 Å². The van der Waals surface area contributed by atoms with Crippen LogP contribution in [0.1, 0.15) is 215 Å². The second-order valence-corrected chi connectivity index (χ2v) is 26.6. The van der Waals surface area contributed by atoms with Crippen LogP contribution in [0, 0.1) is 0 Å². The molecule has 4 heterocycles. The van der Waals surface area contributed by atoms with Gasteiger partial charge in [-0.3, -0.25) is 9.59 Å². The second-order valence-electron chi connectivity index (χ2n) is 26.6. The number of hydrazone groups is 2. The van der Waals surface area contributed by atoms with Crippen LogP contribution in [0.3, 0.4) is 0 Å². The van der Waals surface area contributed by atoms with Crippen LogP contribution < -0.4 is 5.73 Å². The number of phenols is 4. The van der Waals surface area contributed by atoms with Gasteiger partial charge in [0.2, 0.25) is 17.7 Å². The summed E-state index contributed by atoms with van der Waals surface area (Å²) in [5, 5.41) is 104. The molecule has 0 spiro atoms. The summed E-state index contributed by atoms with van der Waals surface area (Å²) in [6.45, 7) is 33.9. The average Bonchev–Trinajstić information content (AvgIpc) is 1.44. The predicted molar refractivity (Wildman–Crippen MR) is 379 cm³/mol. The van der Waals surface area contributed by atoms with Gasteiger partial charge in [0.15, 0.2) is 17.4 Å². The van der Waals surface area contributed by atoms with E-state index in [2.05, 4.69) is 141 Å². The number of nitrogens with zero attached hydrogens (tertiary/aromatic N) is 14. The number of carbonyl (C=O) groups is 2. The van der Waals surface area contributed by atoms with Crippen molar-refractivity contribution in [2.24, 2.45) is 55.0 Å². The van der Waals surface area contributed by atoms with E-state index >= 15 is 0 Å². The molecule has 96 heavy (non-hydrogen) atoms. The van der Waals surface area contributed by atoms with E-state index in [9.17, 15) is 40.2 Å². The first-order valence-electron chi connectivity index (χ1n) is 33.1. The number of nitrogen functional groups attached to an aromatic ring is 1. The van der Waals surface area contributed by atoms with Crippen molar-refractivity contribution in [3.8, 4) is 34.8 Å². The van der Waals surface area contributed by atoms with Crippen molar-refractivity contribution in [3.63, 3.8) is 0 Å². The molecule has 23 nitrogen and oxygen atoms in total. The van der Waals surface area contributed by atoms with Crippen molar-refractivity contribution >= 4 is 57.4 Å². The van der Waals surface area contributed by atoms with Crippen molar-refractivity contribution in [2.75, 3.05) is 19.8 Å². The number of hydrogen-bond donors (Lipinski definition) is 7. The summed E-state index contributed by atoms with van der Waals surface area (Å²) in [6.07, 6.45) is 11.3. The molecule has 1 unspecified atom stereocenters. The molecule has 0 fully saturated rings. The first kappa shape index (κ1) is 81.7. The van der Waals surface area contributed by atoms with E-state index < -0.39 is 6.04 Å². The van der Waals surface area contributed by atoms with E-state index in [-0.39, 0.29) is 85.0 Å². The Morgan fingerprint density at radius 3 is 1.16 bits per heavy atom. The number of benzene rings is 4. The molecule has 1 radical (unpaired) electrons. The van der Waals surface area contributed by atoms with Gasteiger partial charge in [0, 0.05) is 50.7 Å². The molecule has 0 bridgehead atoms. The van der Waals surface area contributed by atoms with E-state index in [1.165, 1.54) is 24.9 Å². The summed E-state index contributed by atoms with van der Waals surface area (Å²) in [6, 6.07) is 20.9. The molecule has 8 rings (SSSR count). The largest absolute Gasteiger partial charge is 0.506 e. The standard InChI is InChI=1S/3C18H26N4O2.C11H17NO.C7H12N2O.Co/c3*1-6-8-13-16(17(24)22(5)21-13)20-19-14-11-12(9-10-15(14)23)18(3,4)7-2;1-4-11(2,3)8-5-6-10(13)9(12)7-8;1-3-4-6-5-7(10)9(2)8-6;/h2*9-11,23-24H,6-8H2,1-5H3;9-11,16,23H,6-8H2,1-5H3;5-7,13H,4,12H2,1-3H3;3-5H2,1-2H3;. The zero-order valence-electron chi connectivity index (χ0n) is 60.4.